The first-order chi connectivity index (χ1) is 7.72. The Morgan fingerprint density at radius 2 is 1.88 bits per heavy atom. The Kier molecular flexibility index (Phi) is 3.36. The van der Waals surface area contributed by atoms with Gasteiger partial charge in [-0.25, -0.2) is 4.39 Å². The normalized spacial score (nSPS) is 10.4. The van der Waals surface area contributed by atoms with Gasteiger partial charge >= 0.3 is 0 Å². The molecule has 0 radical (unpaired) electrons. The van der Waals surface area contributed by atoms with Crippen molar-refractivity contribution in [1.29, 1.82) is 0 Å². The molecule has 16 heavy (non-hydrogen) atoms. The molecule has 1 nitrogen and oxygen atoms in total. The van der Waals surface area contributed by atoms with E-state index in [0.717, 1.165) is 15.6 Å². The van der Waals surface area contributed by atoms with Crippen LogP contribution in [0.4, 0.5) is 4.39 Å². The van der Waals surface area contributed by atoms with Gasteiger partial charge < -0.3 is 5.73 Å². The van der Waals surface area contributed by atoms with E-state index in [1.165, 1.54) is 6.07 Å². The minimum absolute atomic E-state index is 0.212. The molecule has 2 aromatic rings. The molecule has 0 spiro atoms. The fourth-order valence-corrected chi connectivity index (χ4v) is 2.11. The van der Waals surface area contributed by atoms with Gasteiger partial charge in [-0.1, -0.05) is 40.2 Å². The van der Waals surface area contributed by atoms with E-state index in [2.05, 4.69) is 15.9 Å². The molecule has 0 atom stereocenters. The zero-order valence-corrected chi connectivity index (χ0v) is 10.2. The molecule has 0 saturated carbocycles. The zero-order valence-electron chi connectivity index (χ0n) is 8.58. The fourth-order valence-electron chi connectivity index (χ4n) is 1.59. The first kappa shape index (κ1) is 11.3. The van der Waals surface area contributed by atoms with Crippen LogP contribution >= 0.6 is 15.9 Å². The van der Waals surface area contributed by atoms with E-state index in [0.29, 0.717) is 5.56 Å². The summed E-state index contributed by atoms with van der Waals surface area (Å²) >= 11 is 3.47. The summed E-state index contributed by atoms with van der Waals surface area (Å²) in [5.41, 5.74) is 8.03. The van der Waals surface area contributed by atoms with E-state index in [1.807, 2.05) is 24.3 Å². The Morgan fingerprint density at radius 3 is 2.56 bits per heavy atom. The number of nitrogens with two attached hydrogens (primary N) is 1. The quantitative estimate of drug-likeness (QED) is 0.891. The van der Waals surface area contributed by atoms with Gasteiger partial charge in [0.1, 0.15) is 5.82 Å². The van der Waals surface area contributed by atoms with Crippen LogP contribution < -0.4 is 5.73 Å². The zero-order chi connectivity index (χ0) is 11.5. The number of benzene rings is 2. The molecule has 0 aliphatic heterocycles. The van der Waals surface area contributed by atoms with E-state index in [9.17, 15) is 4.39 Å². The van der Waals surface area contributed by atoms with Gasteiger partial charge in [0.2, 0.25) is 0 Å². The van der Waals surface area contributed by atoms with Crippen LogP contribution in [0.1, 0.15) is 5.56 Å². The highest BCUT2D eigenvalue weighted by Crippen LogP contribution is 2.28. The van der Waals surface area contributed by atoms with Crippen LogP contribution in [-0.4, -0.2) is 0 Å². The smallest absolute Gasteiger partial charge is 0.127 e. The first-order valence-corrected chi connectivity index (χ1v) is 5.75. The fraction of sp³-hybridized carbons (Fsp3) is 0.0769. The third-order valence-electron chi connectivity index (χ3n) is 2.45. The molecular formula is C13H11BrFN. The maximum atomic E-state index is 13.3. The van der Waals surface area contributed by atoms with Gasteiger partial charge in [0.15, 0.2) is 0 Å². The minimum Gasteiger partial charge on any atom is -0.326 e. The van der Waals surface area contributed by atoms with E-state index in [-0.39, 0.29) is 12.4 Å². The Bertz CT molecular complexity index is 511. The average Bonchev–Trinajstić information content (AvgIpc) is 2.31. The summed E-state index contributed by atoms with van der Waals surface area (Å²) in [4.78, 5) is 0. The summed E-state index contributed by atoms with van der Waals surface area (Å²) in [6, 6.07) is 12.8. The standard InChI is InChI=1S/C13H11BrFN/c14-12-4-2-1-3-11(12)9-5-6-13(15)10(7-9)8-16/h1-7H,8,16H2. The molecule has 2 rings (SSSR count). The van der Waals surface area contributed by atoms with E-state index in [4.69, 9.17) is 5.73 Å². The summed E-state index contributed by atoms with van der Waals surface area (Å²) in [7, 11) is 0. The average molecular weight is 280 g/mol. The van der Waals surface area contributed by atoms with Crippen LogP contribution in [0.3, 0.4) is 0 Å². The maximum Gasteiger partial charge on any atom is 0.127 e. The van der Waals surface area contributed by atoms with Gasteiger partial charge in [0.05, 0.1) is 0 Å². The molecule has 0 aromatic heterocycles. The van der Waals surface area contributed by atoms with E-state index >= 15 is 0 Å². The Labute approximate surface area is 102 Å². The van der Waals surface area contributed by atoms with Crippen molar-refractivity contribution >= 4 is 15.9 Å². The van der Waals surface area contributed by atoms with Crippen molar-refractivity contribution in [3.63, 3.8) is 0 Å². The molecule has 0 aliphatic rings. The third kappa shape index (κ3) is 2.15. The molecule has 0 fully saturated rings. The SMILES string of the molecule is NCc1cc(-c2ccccc2Br)ccc1F. The monoisotopic (exact) mass is 279 g/mol. The molecule has 0 amide bonds. The second kappa shape index (κ2) is 4.76. The molecule has 0 aliphatic carbocycles. The van der Waals surface area contributed by atoms with Crippen LogP contribution in [0, 0.1) is 5.82 Å². The predicted molar refractivity (Wildman–Crippen MR) is 67.4 cm³/mol. The van der Waals surface area contributed by atoms with E-state index in [1.54, 1.807) is 12.1 Å². The van der Waals surface area contributed by atoms with Crippen molar-refractivity contribution < 1.29 is 4.39 Å². The van der Waals surface area contributed by atoms with Crippen molar-refractivity contribution in [2.75, 3.05) is 0 Å². The largest absolute Gasteiger partial charge is 0.326 e. The minimum atomic E-state index is -0.252. The lowest BCUT2D eigenvalue weighted by atomic mass is 10.0. The van der Waals surface area contributed by atoms with Gasteiger partial charge in [-0.2, -0.15) is 0 Å². The van der Waals surface area contributed by atoms with Crippen molar-refractivity contribution in [2.24, 2.45) is 5.73 Å². The number of rotatable bonds is 2. The number of hydrogen-bond donors (Lipinski definition) is 1. The Morgan fingerprint density at radius 1 is 1.12 bits per heavy atom. The second-order valence-corrected chi connectivity index (χ2v) is 4.34. The first-order valence-electron chi connectivity index (χ1n) is 4.96. The molecule has 0 heterocycles. The summed E-state index contributed by atoms with van der Waals surface area (Å²) in [5, 5.41) is 0. The Hall–Kier alpha value is -1.19. The van der Waals surface area contributed by atoms with Crippen molar-refractivity contribution in [1.82, 2.24) is 0 Å². The van der Waals surface area contributed by atoms with Gasteiger partial charge in [0, 0.05) is 16.6 Å². The highest BCUT2D eigenvalue weighted by molar-refractivity contribution is 9.10. The van der Waals surface area contributed by atoms with Crippen LogP contribution in [0.25, 0.3) is 11.1 Å². The molecule has 2 aromatic carbocycles. The summed E-state index contributed by atoms with van der Waals surface area (Å²) < 4.78 is 14.3. The molecule has 0 bridgehead atoms. The maximum absolute atomic E-state index is 13.3. The molecule has 0 saturated heterocycles. The van der Waals surface area contributed by atoms with Gasteiger partial charge in [-0.15, -0.1) is 0 Å². The van der Waals surface area contributed by atoms with Crippen LogP contribution in [0.2, 0.25) is 0 Å². The second-order valence-electron chi connectivity index (χ2n) is 3.49. The third-order valence-corrected chi connectivity index (χ3v) is 3.14. The van der Waals surface area contributed by atoms with Crippen LogP contribution in [-0.2, 0) is 6.54 Å². The summed E-state index contributed by atoms with van der Waals surface area (Å²) in [6.45, 7) is 0.212. The number of halogens is 2. The van der Waals surface area contributed by atoms with Crippen molar-refractivity contribution in [3.05, 3.63) is 58.3 Å². The molecule has 0 unspecified atom stereocenters. The lowest BCUT2D eigenvalue weighted by molar-refractivity contribution is 0.611. The van der Waals surface area contributed by atoms with Crippen LogP contribution in [0.15, 0.2) is 46.9 Å². The number of hydrogen-bond acceptors (Lipinski definition) is 1. The Balaban J connectivity index is 2.53. The molecular weight excluding hydrogens is 269 g/mol. The van der Waals surface area contributed by atoms with E-state index < -0.39 is 0 Å². The predicted octanol–water partition coefficient (Wildman–Crippen LogP) is 3.71. The lowest BCUT2D eigenvalue weighted by Gasteiger charge is -2.07. The lowest BCUT2D eigenvalue weighted by Crippen LogP contribution is -1.99. The summed E-state index contributed by atoms with van der Waals surface area (Å²) in [5.74, 6) is -0.252. The van der Waals surface area contributed by atoms with Gasteiger partial charge in [-0.05, 0) is 29.3 Å². The van der Waals surface area contributed by atoms with Crippen LogP contribution in [0.5, 0.6) is 0 Å². The van der Waals surface area contributed by atoms with Crippen molar-refractivity contribution in [3.8, 4) is 11.1 Å². The molecule has 82 valence electrons. The highest BCUT2D eigenvalue weighted by atomic mass is 79.9. The summed E-state index contributed by atoms with van der Waals surface area (Å²) in [6.07, 6.45) is 0. The van der Waals surface area contributed by atoms with Gasteiger partial charge in [-0.3, -0.25) is 0 Å². The van der Waals surface area contributed by atoms with Gasteiger partial charge in [0.25, 0.3) is 0 Å². The van der Waals surface area contributed by atoms with Crippen molar-refractivity contribution in [2.45, 2.75) is 6.54 Å². The highest BCUT2D eigenvalue weighted by Gasteiger charge is 2.05. The molecule has 3 heteroatoms. The molecule has 2 N–H and O–H groups in total. The topological polar surface area (TPSA) is 26.0 Å².